The monoisotopic (exact) mass is 369 g/mol. The predicted molar refractivity (Wildman–Crippen MR) is 90.2 cm³/mol. The fraction of sp³-hybridized carbons (Fsp3) is 0.467. The zero-order valence-corrected chi connectivity index (χ0v) is 15.1. The van der Waals surface area contributed by atoms with Gasteiger partial charge >= 0.3 is 0 Å². The summed E-state index contributed by atoms with van der Waals surface area (Å²) in [6, 6.07) is 6.24. The second-order valence-corrected chi connectivity index (χ2v) is 6.82. The molecule has 0 saturated carbocycles. The molecular weight excluding hydrogens is 350 g/mol. The van der Waals surface area contributed by atoms with Crippen molar-refractivity contribution in [3.8, 4) is 5.75 Å². The van der Waals surface area contributed by atoms with Crippen LogP contribution in [0.5, 0.6) is 5.75 Å². The number of methoxy groups -OCH3 is 1. The second-order valence-electron chi connectivity index (χ2n) is 5.18. The van der Waals surface area contributed by atoms with E-state index in [9.17, 15) is 0 Å². The summed E-state index contributed by atoms with van der Waals surface area (Å²) in [5, 5.41) is 7.66. The van der Waals surface area contributed by atoms with Gasteiger partial charge in [0.25, 0.3) is 0 Å². The quantitative estimate of drug-likeness (QED) is 0.837. The highest BCUT2D eigenvalue weighted by molar-refractivity contribution is 9.10. The van der Waals surface area contributed by atoms with Crippen molar-refractivity contribution in [3.05, 3.63) is 38.8 Å². The topological polar surface area (TPSA) is 47.0 Å². The molecule has 6 heteroatoms. The van der Waals surface area contributed by atoms with Crippen LogP contribution in [-0.2, 0) is 6.42 Å². The summed E-state index contributed by atoms with van der Waals surface area (Å²) in [4.78, 5) is 1.21. The Bertz CT molecular complexity index is 600. The fourth-order valence-electron chi connectivity index (χ4n) is 2.23. The molecule has 1 unspecified atom stereocenters. The molecule has 0 amide bonds. The van der Waals surface area contributed by atoms with Gasteiger partial charge < -0.3 is 10.1 Å². The minimum Gasteiger partial charge on any atom is -0.497 e. The first-order chi connectivity index (χ1) is 10.1. The van der Waals surface area contributed by atoms with Gasteiger partial charge in [0.1, 0.15) is 5.75 Å². The van der Waals surface area contributed by atoms with E-state index < -0.39 is 0 Å². The Hall–Kier alpha value is -0.980. The molecule has 0 fully saturated rings. The molecule has 1 aromatic carbocycles. The Labute approximate surface area is 138 Å². The van der Waals surface area contributed by atoms with Crippen LogP contribution in [0.15, 0.2) is 22.7 Å². The van der Waals surface area contributed by atoms with Crippen LogP contribution in [-0.4, -0.2) is 23.7 Å². The van der Waals surface area contributed by atoms with Crippen LogP contribution in [0.3, 0.4) is 0 Å². The second kappa shape index (κ2) is 7.33. The molecular formula is C15H20BrN3OS. The molecule has 2 rings (SSSR count). The van der Waals surface area contributed by atoms with Gasteiger partial charge in [-0.25, -0.2) is 0 Å². The van der Waals surface area contributed by atoms with Gasteiger partial charge in [-0.3, -0.25) is 0 Å². The number of benzene rings is 1. The summed E-state index contributed by atoms with van der Waals surface area (Å²) >= 11 is 5.09. The molecule has 0 aliphatic rings. The van der Waals surface area contributed by atoms with E-state index in [4.69, 9.17) is 4.74 Å². The van der Waals surface area contributed by atoms with E-state index in [1.54, 1.807) is 7.11 Å². The standard InChI is InChI=1S/C15H20BrN3OS/c1-9(2)14-15(21-19-18-14)13(17-3)8-10-7-11(20-4)5-6-12(10)16/h5-7,9,13,17H,8H2,1-4H3. The Morgan fingerprint density at radius 3 is 2.76 bits per heavy atom. The third-order valence-electron chi connectivity index (χ3n) is 3.43. The van der Waals surface area contributed by atoms with Crippen molar-refractivity contribution in [2.45, 2.75) is 32.2 Å². The lowest BCUT2D eigenvalue weighted by Crippen LogP contribution is -2.19. The van der Waals surface area contributed by atoms with Crippen LogP contribution in [0.4, 0.5) is 0 Å². The molecule has 0 radical (unpaired) electrons. The third-order valence-corrected chi connectivity index (χ3v) is 5.06. The van der Waals surface area contributed by atoms with Gasteiger partial charge in [-0.1, -0.05) is 34.3 Å². The average Bonchev–Trinajstić information content (AvgIpc) is 2.96. The van der Waals surface area contributed by atoms with Gasteiger partial charge in [0, 0.05) is 10.5 Å². The number of nitrogens with zero attached hydrogens (tertiary/aromatic N) is 2. The highest BCUT2D eigenvalue weighted by Gasteiger charge is 2.21. The van der Waals surface area contributed by atoms with Crippen LogP contribution >= 0.6 is 27.5 Å². The first-order valence-corrected chi connectivity index (χ1v) is 8.45. The van der Waals surface area contributed by atoms with E-state index in [-0.39, 0.29) is 6.04 Å². The minimum atomic E-state index is 0.200. The zero-order valence-electron chi connectivity index (χ0n) is 12.7. The Morgan fingerprint density at radius 2 is 2.14 bits per heavy atom. The van der Waals surface area contributed by atoms with Crippen LogP contribution in [0.1, 0.15) is 41.9 Å². The summed E-state index contributed by atoms with van der Waals surface area (Å²) in [7, 11) is 3.66. The smallest absolute Gasteiger partial charge is 0.119 e. The Morgan fingerprint density at radius 1 is 1.38 bits per heavy atom. The molecule has 114 valence electrons. The van der Waals surface area contributed by atoms with Crippen LogP contribution in [0.2, 0.25) is 0 Å². The first kappa shape index (κ1) is 16.4. The Kier molecular flexibility index (Phi) is 5.72. The van der Waals surface area contributed by atoms with Gasteiger partial charge in [0.15, 0.2) is 0 Å². The molecule has 1 heterocycles. The number of nitrogens with one attached hydrogen (secondary N) is 1. The maximum absolute atomic E-state index is 5.31. The van der Waals surface area contributed by atoms with Crippen molar-refractivity contribution in [3.63, 3.8) is 0 Å². The number of likely N-dealkylation sites (N-methyl/N-ethyl adjacent to an activating group) is 1. The number of halogens is 1. The number of hydrogen-bond donors (Lipinski definition) is 1. The predicted octanol–water partition coefficient (Wildman–Crippen LogP) is 3.94. The molecule has 2 aromatic rings. The highest BCUT2D eigenvalue weighted by Crippen LogP contribution is 2.31. The van der Waals surface area contributed by atoms with Crippen molar-refractivity contribution in [1.29, 1.82) is 0 Å². The molecule has 0 spiro atoms. The number of rotatable bonds is 6. The molecule has 0 saturated heterocycles. The van der Waals surface area contributed by atoms with Crippen LogP contribution < -0.4 is 10.1 Å². The van der Waals surface area contributed by atoms with Gasteiger partial charge in [-0.15, -0.1) is 5.10 Å². The van der Waals surface area contributed by atoms with Crippen molar-refractivity contribution < 1.29 is 4.74 Å². The largest absolute Gasteiger partial charge is 0.497 e. The van der Waals surface area contributed by atoms with Crippen molar-refractivity contribution in [2.24, 2.45) is 0 Å². The van der Waals surface area contributed by atoms with Gasteiger partial charge in [0.2, 0.25) is 0 Å². The van der Waals surface area contributed by atoms with E-state index in [2.05, 4.69) is 50.7 Å². The number of ether oxygens (including phenoxy) is 1. The molecule has 1 aromatic heterocycles. The van der Waals surface area contributed by atoms with E-state index in [0.717, 1.165) is 22.3 Å². The molecule has 0 aliphatic heterocycles. The molecule has 1 N–H and O–H groups in total. The maximum Gasteiger partial charge on any atom is 0.119 e. The molecule has 0 bridgehead atoms. The van der Waals surface area contributed by atoms with Crippen molar-refractivity contribution in [2.75, 3.05) is 14.2 Å². The fourth-order valence-corrected chi connectivity index (χ4v) is 3.55. The van der Waals surface area contributed by atoms with Gasteiger partial charge in [0.05, 0.1) is 17.7 Å². The normalized spacial score (nSPS) is 12.7. The van der Waals surface area contributed by atoms with Gasteiger partial charge in [-0.05, 0) is 54.7 Å². The lowest BCUT2D eigenvalue weighted by atomic mass is 10.00. The van der Waals surface area contributed by atoms with E-state index in [0.29, 0.717) is 5.92 Å². The third kappa shape index (κ3) is 3.81. The van der Waals surface area contributed by atoms with Crippen LogP contribution in [0.25, 0.3) is 0 Å². The van der Waals surface area contributed by atoms with E-state index in [1.807, 2.05) is 19.2 Å². The average molecular weight is 370 g/mol. The number of hydrogen-bond acceptors (Lipinski definition) is 5. The maximum atomic E-state index is 5.31. The molecule has 4 nitrogen and oxygen atoms in total. The first-order valence-electron chi connectivity index (χ1n) is 6.88. The summed E-state index contributed by atoms with van der Waals surface area (Å²) in [5.41, 5.74) is 2.29. The van der Waals surface area contributed by atoms with Gasteiger partial charge in [-0.2, -0.15) is 0 Å². The minimum absolute atomic E-state index is 0.200. The SMILES string of the molecule is CNC(Cc1cc(OC)ccc1Br)c1snnc1C(C)C. The molecule has 0 aliphatic carbocycles. The summed E-state index contributed by atoms with van der Waals surface area (Å²) in [6.07, 6.45) is 0.859. The lowest BCUT2D eigenvalue weighted by Gasteiger charge is -2.18. The zero-order chi connectivity index (χ0) is 15.4. The molecule has 21 heavy (non-hydrogen) atoms. The summed E-state index contributed by atoms with van der Waals surface area (Å²) < 4.78 is 10.5. The summed E-state index contributed by atoms with van der Waals surface area (Å²) in [5.74, 6) is 1.25. The van der Waals surface area contributed by atoms with E-state index >= 15 is 0 Å². The lowest BCUT2D eigenvalue weighted by molar-refractivity contribution is 0.414. The van der Waals surface area contributed by atoms with E-state index in [1.165, 1.54) is 22.0 Å². The molecule has 1 atom stereocenters. The highest BCUT2D eigenvalue weighted by atomic mass is 79.9. The van der Waals surface area contributed by atoms with Crippen molar-refractivity contribution in [1.82, 2.24) is 14.9 Å². The van der Waals surface area contributed by atoms with Crippen molar-refractivity contribution >= 4 is 27.5 Å². The summed E-state index contributed by atoms with van der Waals surface area (Å²) in [6.45, 7) is 4.29. The number of aromatic nitrogens is 2. The van der Waals surface area contributed by atoms with Crippen LogP contribution in [0, 0.1) is 0 Å². The Balaban J connectivity index is 2.29.